The van der Waals surface area contributed by atoms with Gasteiger partial charge in [-0.3, -0.25) is 4.31 Å². The zero-order valence-electron chi connectivity index (χ0n) is 19.2. The number of nitrogens with zero attached hydrogens (tertiary/aromatic N) is 1. The van der Waals surface area contributed by atoms with Gasteiger partial charge in [0.1, 0.15) is 18.1 Å². The SMILES string of the molecule is CCN(c1cc2c(cc1OCc1ccc(C=CC(=O)O)cc1)CCC2)S(=O)(=O)c1ccc(C)o1. The third-order valence-corrected chi connectivity index (χ3v) is 7.54. The number of hydrogen-bond acceptors (Lipinski definition) is 5. The maximum Gasteiger partial charge on any atom is 0.328 e. The van der Waals surface area contributed by atoms with E-state index in [1.807, 2.05) is 36.4 Å². The zero-order chi connectivity index (χ0) is 24.3. The molecule has 0 fully saturated rings. The lowest BCUT2D eigenvalue weighted by Gasteiger charge is -2.25. The average Bonchev–Trinajstić information content (AvgIpc) is 3.46. The Bertz CT molecular complexity index is 1320. The van der Waals surface area contributed by atoms with Crippen LogP contribution >= 0.6 is 0 Å². The maximum absolute atomic E-state index is 13.4. The molecule has 0 saturated carbocycles. The van der Waals surface area contributed by atoms with Crippen molar-refractivity contribution in [1.29, 1.82) is 0 Å². The van der Waals surface area contributed by atoms with E-state index in [-0.39, 0.29) is 18.2 Å². The van der Waals surface area contributed by atoms with E-state index >= 15 is 0 Å². The minimum absolute atomic E-state index is 0.0942. The molecule has 0 aliphatic heterocycles. The Hall–Kier alpha value is -3.52. The molecule has 1 N–H and O–H groups in total. The van der Waals surface area contributed by atoms with Crippen molar-refractivity contribution in [2.24, 2.45) is 0 Å². The maximum atomic E-state index is 13.4. The third-order valence-electron chi connectivity index (χ3n) is 5.78. The number of anilines is 1. The molecule has 1 aliphatic carbocycles. The summed E-state index contributed by atoms with van der Waals surface area (Å²) >= 11 is 0. The topological polar surface area (TPSA) is 97.0 Å². The summed E-state index contributed by atoms with van der Waals surface area (Å²) in [6, 6.07) is 14.3. The van der Waals surface area contributed by atoms with Crippen LogP contribution in [-0.2, 0) is 34.3 Å². The van der Waals surface area contributed by atoms with Crippen LogP contribution in [-0.4, -0.2) is 26.0 Å². The van der Waals surface area contributed by atoms with Crippen molar-refractivity contribution in [1.82, 2.24) is 0 Å². The Labute approximate surface area is 199 Å². The third kappa shape index (κ3) is 5.02. The second kappa shape index (κ2) is 9.77. The van der Waals surface area contributed by atoms with E-state index < -0.39 is 16.0 Å². The van der Waals surface area contributed by atoms with E-state index in [1.165, 1.54) is 22.0 Å². The number of furan rings is 1. The molecule has 0 saturated heterocycles. The second-order valence-corrected chi connectivity index (χ2v) is 9.97. The molecule has 4 rings (SSSR count). The van der Waals surface area contributed by atoms with Gasteiger partial charge in [-0.2, -0.15) is 8.42 Å². The van der Waals surface area contributed by atoms with Gasteiger partial charge in [0.2, 0.25) is 5.09 Å². The van der Waals surface area contributed by atoms with Crippen LogP contribution in [0.25, 0.3) is 6.08 Å². The Morgan fingerprint density at radius 2 is 1.82 bits per heavy atom. The standard InChI is InChI=1S/C26H27NO6S/c1-3-27(34(30,31)26-14-7-18(2)33-26)23-15-21-5-4-6-22(21)16-24(23)32-17-20-10-8-19(9-11-20)12-13-25(28)29/h7-16H,3-6,17H2,1-2H3,(H,28,29). The molecular formula is C26H27NO6S. The summed E-state index contributed by atoms with van der Waals surface area (Å²) in [5.74, 6) is 0.0302. The summed E-state index contributed by atoms with van der Waals surface area (Å²) in [6.07, 6.45) is 5.48. The second-order valence-electron chi connectivity index (χ2n) is 8.18. The Morgan fingerprint density at radius 3 is 2.44 bits per heavy atom. The molecule has 1 aromatic heterocycles. The van der Waals surface area contributed by atoms with Crippen LogP contribution in [0, 0.1) is 6.92 Å². The molecule has 0 atom stereocenters. The van der Waals surface area contributed by atoms with Crippen molar-refractivity contribution in [3.05, 3.63) is 82.6 Å². The number of carboxylic acid groups (broad SMARTS) is 1. The van der Waals surface area contributed by atoms with Gasteiger partial charge in [-0.1, -0.05) is 24.3 Å². The van der Waals surface area contributed by atoms with Crippen molar-refractivity contribution in [3.63, 3.8) is 0 Å². The summed E-state index contributed by atoms with van der Waals surface area (Å²) in [7, 11) is -3.89. The van der Waals surface area contributed by atoms with Crippen molar-refractivity contribution in [2.75, 3.05) is 10.8 Å². The van der Waals surface area contributed by atoms with E-state index in [0.29, 0.717) is 17.2 Å². The van der Waals surface area contributed by atoms with Crippen LogP contribution in [0.15, 0.2) is 64.1 Å². The van der Waals surface area contributed by atoms with Crippen LogP contribution in [0.4, 0.5) is 5.69 Å². The number of rotatable bonds is 9. The molecule has 0 spiro atoms. The van der Waals surface area contributed by atoms with Gasteiger partial charge in [0, 0.05) is 12.6 Å². The number of fused-ring (bicyclic) bond motifs is 1. The lowest BCUT2D eigenvalue weighted by molar-refractivity contribution is -0.131. The van der Waals surface area contributed by atoms with Gasteiger partial charge in [-0.05, 0) is 85.7 Å². The number of hydrogen-bond donors (Lipinski definition) is 1. The summed E-state index contributed by atoms with van der Waals surface area (Å²) in [5, 5.41) is 8.67. The first-order valence-electron chi connectivity index (χ1n) is 11.2. The molecule has 178 valence electrons. The highest BCUT2D eigenvalue weighted by atomic mass is 32.2. The van der Waals surface area contributed by atoms with E-state index in [9.17, 15) is 13.2 Å². The highest BCUT2D eigenvalue weighted by molar-refractivity contribution is 7.92. The van der Waals surface area contributed by atoms with Gasteiger partial charge >= 0.3 is 5.97 Å². The molecule has 0 unspecified atom stereocenters. The van der Waals surface area contributed by atoms with E-state index in [0.717, 1.165) is 42.0 Å². The monoisotopic (exact) mass is 481 g/mol. The fourth-order valence-electron chi connectivity index (χ4n) is 4.08. The molecule has 8 heteroatoms. The summed E-state index contributed by atoms with van der Waals surface area (Å²) < 4.78 is 39.7. The largest absolute Gasteiger partial charge is 0.487 e. The molecule has 1 aliphatic rings. The first kappa shape index (κ1) is 23.6. The van der Waals surface area contributed by atoms with Crippen LogP contribution in [0.5, 0.6) is 5.75 Å². The Balaban J connectivity index is 1.63. The van der Waals surface area contributed by atoms with Crippen LogP contribution in [0.2, 0.25) is 0 Å². The first-order chi connectivity index (χ1) is 16.3. The minimum Gasteiger partial charge on any atom is -0.487 e. The highest BCUT2D eigenvalue weighted by Gasteiger charge is 2.30. The minimum atomic E-state index is -3.89. The number of carbonyl (C=O) groups is 1. The van der Waals surface area contributed by atoms with Crippen molar-refractivity contribution < 1.29 is 27.5 Å². The number of aliphatic carboxylic acids is 1. The molecule has 34 heavy (non-hydrogen) atoms. The molecule has 0 amide bonds. The zero-order valence-corrected chi connectivity index (χ0v) is 20.0. The average molecular weight is 482 g/mol. The fraction of sp³-hybridized carbons (Fsp3) is 0.269. The van der Waals surface area contributed by atoms with Gasteiger partial charge < -0.3 is 14.3 Å². The highest BCUT2D eigenvalue weighted by Crippen LogP contribution is 2.38. The summed E-state index contributed by atoms with van der Waals surface area (Å²) in [6.45, 7) is 3.96. The van der Waals surface area contributed by atoms with Crippen molar-refractivity contribution in [2.45, 2.75) is 44.8 Å². The molecule has 1 heterocycles. The molecule has 3 aromatic rings. The summed E-state index contributed by atoms with van der Waals surface area (Å²) in [5.41, 5.74) is 4.46. The molecule has 0 radical (unpaired) electrons. The Morgan fingerprint density at radius 1 is 1.12 bits per heavy atom. The molecular weight excluding hydrogens is 454 g/mol. The van der Waals surface area contributed by atoms with Crippen LogP contribution in [0.3, 0.4) is 0 Å². The molecule has 0 bridgehead atoms. The normalized spacial score (nSPS) is 13.2. The number of benzene rings is 2. The lowest BCUT2D eigenvalue weighted by Crippen LogP contribution is -2.31. The fourth-order valence-corrected chi connectivity index (χ4v) is 5.52. The van der Waals surface area contributed by atoms with Crippen molar-refractivity contribution >= 4 is 27.8 Å². The van der Waals surface area contributed by atoms with E-state index in [2.05, 4.69) is 0 Å². The Kier molecular flexibility index (Phi) is 6.79. The predicted molar refractivity (Wildman–Crippen MR) is 130 cm³/mol. The van der Waals surface area contributed by atoms with Gasteiger partial charge in [0.15, 0.2) is 0 Å². The van der Waals surface area contributed by atoms with E-state index in [1.54, 1.807) is 19.9 Å². The van der Waals surface area contributed by atoms with E-state index in [4.69, 9.17) is 14.3 Å². The number of aryl methyl sites for hydroxylation is 3. The van der Waals surface area contributed by atoms with Gasteiger partial charge in [-0.15, -0.1) is 0 Å². The summed E-state index contributed by atoms with van der Waals surface area (Å²) in [4.78, 5) is 10.7. The van der Waals surface area contributed by atoms with Gasteiger partial charge in [0.25, 0.3) is 10.0 Å². The number of carboxylic acids is 1. The van der Waals surface area contributed by atoms with Crippen molar-refractivity contribution in [3.8, 4) is 5.75 Å². The first-order valence-corrected chi connectivity index (χ1v) is 12.6. The number of ether oxygens (including phenoxy) is 1. The number of sulfonamides is 1. The smallest absolute Gasteiger partial charge is 0.328 e. The van der Waals surface area contributed by atoms with Gasteiger partial charge in [0.05, 0.1) is 5.69 Å². The van der Waals surface area contributed by atoms with Gasteiger partial charge in [-0.25, -0.2) is 4.79 Å². The molecule has 2 aromatic carbocycles. The predicted octanol–water partition coefficient (Wildman–Crippen LogP) is 4.97. The van der Waals surface area contributed by atoms with Crippen LogP contribution in [0.1, 0.15) is 41.4 Å². The molecule has 7 nitrogen and oxygen atoms in total. The quantitative estimate of drug-likeness (QED) is 0.434. The van der Waals surface area contributed by atoms with Crippen LogP contribution < -0.4 is 9.04 Å². The lowest BCUT2D eigenvalue weighted by atomic mass is 10.1.